The first-order valence-corrected chi connectivity index (χ1v) is 18.7. The van der Waals surface area contributed by atoms with Crippen molar-refractivity contribution < 1.29 is 24.2 Å². The minimum atomic E-state index is -0.480. The van der Waals surface area contributed by atoms with Crippen molar-refractivity contribution in [3.8, 4) is 11.8 Å². The molecule has 8 atom stereocenters. The van der Waals surface area contributed by atoms with E-state index in [0.29, 0.717) is 49.5 Å². The molecular weight excluding hydrogens is 590 g/mol. The van der Waals surface area contributed by atoms with E-state index in [0.717, 1.165) is 45.1 Å². The molecule has 260 valence electrons. The zero-order chi connectivity index (χ0) is 33.2. The summed E-state index contributed by atoms with van der Waals surface area (Å²) in [6, 6.07) is 0. The summed E-state index contributed by atoms with van der Waals surface area (Å²) in [4.78, 5) is 30.4. The van der Waals surface area contributed by atoms with Crippen LogP contribution in [0.1, 0.15) is 123 Å². The van der Waals surface area contributed by atoms with Crippen molar-refractivity contribution in [3.63, 3.8) is 0 Å². The minimum absolute atomic E-state index is 0.0862. The molecule has 0 aromatic rings. The average molecular weight is 651 g/mol. The van der Waals surface area contributed by atoms with E-state index in [-0.39, 0.29) is 42.3 Å². The summed E-state index contributed by atoms with van der Waals surface area (Å²) in [5, 5.41) is 17.9. The number of rotatable bonds is 4. The zero-order valence-electron chi connectivity index (χ0n) is 29.2. The Kier molecular flexibility index (Phi) is 13.4. The third-order valence-corrected chi connectivity index (χ3v) is 12.1. The summed E-state index contributed by atoms with van der Waals surface area (Å²) in [7, 11) is 1.65. The van der Waals surface area contributed by atoms with Crippen LogP contribution in [0.4, 0.5) is 0 Å². The van der Waals surface area contributed by atoms with Crippen LogP contribution in [0.5, 0.6) is 0 Å². The number of aliphatic imine (C=N–C) groups is 1. The highest BCUT2D eigenvalue weighted by atomic mass is 16.5. The molecule has 2 bridgehead atoms. The number of carbonyl (C=O) groups excluding carboxylic acids is 2. The number of ketones is 1. The Bertz CT molecular complexity index is 1180. The first-order valence-electron chi connectivity index (χ1n) is 18.7. The molecule has 8 nitrogen and oxygen atoms in total. The first kappa shape index (κ1) is 36.1. The van der Waals surface area contributed by atoms with Crippen molar-refractivity contribution in [1.82, 2.24) is 10.6 Å². The van der Waals surface area contributed by atoms with E-state index in [2.05, 4.69) is 47.1 Å². The van der Waals surface area contributed by atoms with Gasteiger partial charge in [-0.2, -0.15) is 0 Å². The Morgan fingerprint density at radius 1 is 1.09 bits per heavy atom. The number of nitrogens with one attached hydrogen (secondary N) is 2. The molecular formula is C39H60N3O5+. The van der Waals surface area contributed by atoms with E-state index in [1.54, 1.807) is 7.11 Å². The number of aliphatic hydroxyl groups is 1. The third-order valence-electron chi connectivity index (χ3n) is 12.1. The van der Waals surface area contributed by atoms with Gasteiger partial charge in [0.1, 0.15) is 24.0 Å². The number of hydrogen-bond acceptors (Lipinski definition) is 8. The second-order valence-electron chi connectivity index (χ2n) is 15.2. The normalized spacial score (nSPS) is 35.7. The van der Waals surface area contributed by atoms with Crippen molar-refractivity contribution in [2.75, 3.05) is 20.2 Å². The summed E-state index contributed by atoms with van der Waals surface area (Å²) < 4.78 is 11.4. The lowest BCUT2D eigenvalue weighted by molar-refractivity contribution is -0.148. The maximum Gasteiger partial charge on any atom is 0.302 e. The van der Waals surface area contributed by atoms with Crippen LogP contribution >= 0.6 is 0 Å². The highest BCUT2D eigenvalue weighted by Gasteiger charge is 2.45. The molecule has 3 heterocycles. The van der Waals surface area contributed by atoms with Crippen LogP contribution < -0.4 is 10.6 Å². The molecule has 0 amide bonds. The number of fused-ring (bicyclic) bond motifs is 3. The molecule has 3 aliphatic heterocycles. The molecule has 0 radical (unpaired) electrons. The Balaban J connectivity index is 1.40. The number of allylic oxidation sites excluding steroid dienone is 1. The van der Waals surface area contributed by atoms with E-state index in [1.165, 1.54) is 56.6 Å². The lowest BCUT2D eigenvalue weighted by Gasteiger charge is -2.46. The second-order valence-corrected chi connectivity index (χ2v) is 15.2. The van der Waals surface area contributed by atoms with Gasteiger partial charge in [-0.1, -0.05) is 44.4 Å². The lowest BCUT2D eigenvalue weighted by atomic mass is 9.60. The third kappa shape index (κ3) is 9.94. The highest BCUT2D eigenvalue weighted by molar-refractivity contribution is 5.84. The Morgan fingerprint density at radius 2 is 1.91 bits per heavy atom. The fraction of sp³-hybridized carbons (Fsp3) is 0.795. The molecule has 5 aliphatic rings. The SMILES string of the molecule is CC[C@@H]1CC[C@@H](OC(C)=O)CC(=O)C[C@H](C2CCC(O)C(OC)C2)C#CCNC2CC(CCN2)C2(CCCCC2)CC2=C([CH+]N=C2)C1. The van der Waals surface area contributed by atoms with E-state index in [1.807, 2.05) is 0 Å². The largest absolute Gasteiger partial charge is 0.462 e. The average Bonchev–Trinajstić information content (AvgIpc) is 3.50. The number of hydrogen-bond donors (Lipinski definition) is 3. The second kappa shape index (κ2) is 17.5. The number of esters is 1. The van der Waals surface area contributed by atoms with Gasteiger partial charge in [-0.05, 0) is 87.5 Å². The Labute approximate surface area is 283 Å². The molecule has 0 aromatic heterocycles. The van der Waals surface area contributed by atoms with E-state index < -0.39 is 12.2 Å². The van der Waals surface area contributed by atoms with Gasteiger partial charge in [0.05, 0.1) is 30.5 Å². The van der Waals surface area contributed by atoms with Crippen LogP contribution in [0, 0.1) is 47.5 Å². The molecule has 8 heteroatoms. The van der Waals surface area contributed by atoms with Crippen LogP contribution in [0.2, 0.25) is 0 Å². The molecule has 5 unspecified atom stereocenters. The predicted octanol–water partition coefficient (Wildman–Crippen LogP) is 6.07. The van der Waals surface area contributed by atoms with Crippen molar-refractivity contribution in [3.05, 3.63) is 17.7 Å². The minimum Gasteiger partial charge on any atom is -0.462 e. The fourth-order valence-electron chi connectivity index (χ4n) is 9.38. The summed E-state index contributed by atoms with van der Waals surface area (Å²) in [6.45, 7) is 7.36. The van der Waals surface area contributed by atoms with Crippen LogP contribution in [0.25, 0.3) is 0 Å². The Hall–Kier alpha value is -2.18. The number of ether oxygens (including phenoxy) is 2. The lowest BCUT2D eigenvalue weighted by Crippen LogP contribution is -2.51. The fourth-order valence-corrected chi connectivity index (χ4v) is 9.38. The zero-order valence-corrected chi connectivity index (χ0v) is 29.2. The van der Waals surface area contributed by atoms with Gasteiger partial charge in [-0.3, -0.25) is 14.9 Å². The predicted molar refractivity (Wildman–Crippen MR) is 185 cm³/mol. The molecule has 1 spiro atoms. The van der Waals surface area contributed by atoms with E-state index in [9.17, 15) is 14.7 Å². The molecule has 1 saturated heterocycles. The van der Waals surface area contributed by atoms with Crippen molar-refractivity contribution in [2.45, 2.75) is 147 Å². The molecule has 3 N–H and O–H groups in total. The Morgan fingerprint density at radius 3 is 2.68 bits per heavy atom. The summed E-state index contributed by atoms with van der Waals surface area (Å²) in [5.74, 6) is 7.79. The molecule has 3 fully saturated rings. The first-order chi connectivity index (χ1) is 22.8. The number of Topliss-reactive ketones (excluding diaryl/α,β-unsaturated/α-hetero) is 1. The van der Waals surface area contributed by atoms with Crippen molar-refractivity contribution in [1.29, 1.82) is 0 Å². The van der Waals surface area contributed by atoms with Gasteiger partial charge in [-0.15, -0.1) is 4.99 Å². The standard InChI is InChI=1S/C39H60N3O5/c1-4-28-10-12-35(47-27(2)43)23-34(44)20-29(30-11-13-36(45)37(21-30)46-3)9-8-17-41-38-22-33(14-18-42-38)39(15-6-5-7-16-39)24-32-26-40-25-31(32)19-28/h25-26,28-30,33,35-38,41-42,45H,4-7,10-24H2,1-3H3/q+1/t28-,29-,30?,33?,35-,36?,37?,38?/m1/s1. The highest BCUT2D eigenvalue weighted by Crippen LogP contribution is 2.51. The van der Waals surface area contributed by atoms with Gasteiger partial charge in [0.25, 0.3) is 0 Å². The van der Waals surface area contributed by atoms with E-state index >= 15 is 0 Å². The summed E-state index contributed by atoms with van der Waals surface area (Å²) in [5.41, 5.74) is 3.12. The van der Waals surface area contributed by atoms with Gasteiger partial charge in [0.15, 0.2) is 6.21 Å². The number of nitrogens with zero attached hydrogens (tertiary/aromatic N) is 1. The van der Waals surface area contributed by atoms with E-state index in [4.69, 9.17) is 9.47 Å². The number of methoxy groups -OCH3 is 1. The topological polar surface area (TPSA) is 109 Å². The maximum absolute atomic E-state index is 13.6. The number of aliphatic hydroxyl groups excluding tert-OH is 1. The van der Waals surface area contributed by atoms with Gasteiger partial charge < -0.3 is 19.9 Å². The molecule has 47 heavy (non-hydrogen) atoms. The molecule has 5 rings (SSSR count). The maximum atomic E-state index is 13.6. The van der Waals surface area contributed by atoms with Crippen molar-refractivity contribution in [2.24, 2.45) is 34.1 Å². The van der Waals surface area contributed by atoms with Crippen molar-refractivity contribution >= 4 is 18.0 Å². The van der Waals surface area contributed by atoms with Crippen LogP contribution in [0.3, 0.4) is 0 Å². The monoisotopic (exact) mass is 650 g/mol. The van der Waals surface area contributed by atoms with Gasteiger partial charge in [0.2, 0.25) is 0 Å². The van der Waals surface area contributed by atoms with Gasteiger partial charge in [-0.25, -0.2) is 0 Å². The molecule has 0 aromatic carbocycles. The van der Waals surface area contributed by atoms with Crippen LogP contribution in [0.15, 0.2) is 16.1 Å². The van der Waals surface area contributed by atoms with Crippen LogP contribution in [-0.4, -0.2) is 67.8 Å². The number of carbonyl (C=O) groups is 2. The summed E-state index contributed by atoms with van der Waals surface area (Å²) >= 11 is 0. The molecule has 2 aliphatic carbocycles. The smallest absolute Gasteiger partial charge is 0.302 e. The van der Waals surface area contributed by atoms with Gasteiger partial charge in [0, 0.05) is 45.6 Å². The molecule has 2 saturated carbocycles. The number of piperidine rings is 1. The van der Waals surface area contributed by atoms with Gasteiger partial charge >= 0.3 is 5.97 Å². The van der Waals surface area contributed by atoms with Crippen LogP contribution in [-0.2, 0) is 19.1 Å². The summed E-state index contributed by atoms with van der Waals surface area (Å²) in [6.07, 6.45) is 17.5. The quantitative estimate of drug-likeness (QED) is 0.193.